The molecule has 6 heteroatoms. The maximum atomic E-state index is 12.3. The zero-order valence-corrected chi connectivity index (χ0v) is 14.8. The van der Waals surface area contributed by atoms with Crippen molar-refractivity contribution < 1.29 is 13.9 Å². The number of aryl methyl sites for hydroxylation is 2. The number of esters is 1. The molecule has 0 atom stereocenters. The van der Waals surface area contributed by atoms with Crippen LogP contribution in [0.1, 0.15) is 47.6 Å². The van der Waals surface area contributed by atoms with Crippen LogP contribution in [-0.2, 0) is 17.6 Å². The number of rotatable bonds is 4. The van der Waals surface area contributed by atoms with Gasteiger partial charge in [0, 0.05) is 17.7 Å². The van der Waals surface area contributed by atoms with Crippen LogP contribution in [0.5, 0.6) is 0 Å². The third kappa shape index (κ3) is 2.70. The molecule has 22 heavy (non-hydrogen) atoms. The lowest BCUT2D eigenvalue weighted by Gasteiger charge is -2.13. The number of hydrogen-bond acceptors (Lipinski definition) is 6. The van der Waals surface area contributed by atoms with Gasteiger partial charge in [-0.1, -0.05) is 13.8 Å². The number of nitrogens with zero attached hydrogens (tertiary/aromatic N) is 1. The molecule has 0 unspecified atom stereocenters. The molecule has 0 fully saturated rings. The fourth-order valence-electron chi connectivity index (χ4n) is 2.65. The van der Waals surface area contributed by atoms with Crippen molar-refractivity contribution in [2.24, 2.45) is 0 Å². The van der Waals surface area contributed by atoms with Crippen molar-refractivity contribution in [3.63, 3.8) is 0 Å². The van der Waals surface area contributed by atoms with Gasteiger partial charge >= 0.3 is 5.97 Å². The van der Waals surface area contributed by atoms with E-state index in [2.05, 4.69) is 18.8 Å². The van der Waals surface area contributed by atoms with E-state index in [0.29, 0.717) is 17.7 Å². The predicted molar refractivity (Wildman–Crippen MR) is 88.9 cm³/mol. The van der Waals surface area contributed by atoms with Gasteiger partial charge in [0.1, 0.15) is 4.88 Å². The Kier molecular flexibility index (Phi) is 4.32. The number of hydrogen-bond donors (Lipinski definition) is 0. The molecule has 2 aromatic rings. The van der Waals surface area contributed by atoms with Gasteiger partial charge in [0.15, 0.2) is 11.7 Å². The molecule has 2 aromatic heterocycles. The van der Waals surface area contributed by atoms with E-state index in [4.69, 9.17) is 9.15 Å². The van der Waals surface area contributed by atoms with Crippen LogP contribution in [0.25, 0.3) is 11.3 Å². The first-order chi connectivity index (χ1) is 10.5. The summed E-state index contributed by atoms with van der Waals surface area (Å²) >= 11 is 3.29. The van der Waals surface area contributed by atoms with Crippen molar-refractivity contribution in [2.45, 2.75) is 50.0 Å². The quantitative estimate of drug-likeness (QED) is 0.608. The zero-order valence-electron chi connectivity index (χ0n) is 13.2. The molecule has 0 aliphatic heterocycles. The van der Waals surface area contributed by atoms with Crippen molar-refractivity contribution in [3.05, 3.63) is 22.0 Å². The first-order valence-corrected chi connectivity index (χ1v) is 9.17. The Bertz CT molecular complexity index is 715. The van der Waals surface area contributed by atoms with Crippen molar-refractivity contribution in [3.8, 4) is 11.3 Å². The normalized spacial score (nSPS) is 13.1. The molecule has 0 N–H and O–H groups in total. The van der Waals surface area contributed by atoms with Gasteiger partial charge < -0.3 is 9.15 Å². The molecule has 0 amide bonds. The lowest BCUT2D eigenvalue weighted by atomic mass is 9.95. The average molecular weight is 337 g/mol. The molecular formula is C16H19NO3S2. The Balaban J connectivity index is 2.14. The number of carbonyl (C=O) groups excluding carboxylic acids is 1. The third-order valence-electron chi connectivity index (χ3n) is 3.42. The van der Waals surface area contributed by atoms with E-state index < -0.39 is 0 Å². The van der Waals surface area contributed by atoms with Crippen molar-refractivity contribution >= 4 is 29.1 Å². The molecule has 0 spiro atoms. The summed E-state index contributed by atoms with van der Waals surface area (Å²) < 4.78 is 12.2. The van der Waals surface area contributed by atoms with Crippen molar-refractivity contribution in [1.29, 1.82) is 0 Å². The van der Waals surface area contributed by atoms with Crippen LogP contribution in [-0.4, -0.2) is 22.8 Å². The highest BCUT2D eigenvalue weighted by Gasteiger charge is 2.32. The Hall–Kier alpha value is -1.27. The van der Waals surface area contributed by atoms with Gasteiger partial charge in [-0.15, -0.1) is 23.1 Å². The SMILES string of the molecule is CCOC(=O)c1sc(SC(C)C)c2c1CCc1nc(C)oc1-2. The molecule has 0 saturated carbocycles. The summed E-state index contributed by atoms with van der Waals surface area (Å²) in [5, 5.41) is 0.437. The van der Waals surface area contributed by atoms with Crippen LogP contribution in [0.4, 0.5) is 0 Å². The van der Waals surface area contributed by atoms with Crippen LogP contribution >= 0.6 is 23.1 Å². The number of fused-ring (bicyclic) bond motifs is 3. The van der Waals surface area contributed by atoms with Gasteiger partial charge in [-0.25, -0.2) is 9.78 Å². The molecule has 0 radical (unpaired) electrons. The van der Waals surface area contributed by atoms with Crippen LogP contribution in [0.3, 0.4) is 0 Å². The average Bonchev–Trinajstić information content (AvgIpc) is 2.98. The number of ether oxygens (including phenoxy) is 1. The fraction of sp³-hybridized carbons (Fsp3) is 0.500. The lowest BCUT2D eigenvalue weighted by Crippen LogP contribution is -2.09. The first-order valence-electron chi connectivity index (χ1n) is 7.47. The smallest absolute Gasteiger partial charge is 0.348 e. The summed E-state index contributed by atoms with van der Waals surface area (Å²) in [6.07, 6.45) is 1.63. The molecule has 0 aromatic carbocycles. The van der Waals surface area contributed by atoms with E-state index in [1.54, 1.807) is 11.8 Å². The number of carbonyl (C=O) groups is 1. The Labute approximate surface area is 138 Å². The van der Waals surface area contributed by atoms with E-state index in [1.165, 1.54) is 11.3 Å². The molecule has 4 nitrogen and oxygen atoms in total. The van der Waals surface area contributed by atoms with E-state index in [0.717, 1.165) is 44.5 Å². The van der Waals surface area contributed by atoms with Gasteiger partial charge in [0.05, 0.1) is 16.5 Å². The summed E-state index contributed by atoms with van der Waals surface area (Å²) in [6.45, 7) is 8.39. The summed E-state index contributed by atoms with van der Waals surface area (Å²) in [5.74, 6) is 1.30. The summed E-state index contributed by atoms with van der Waals surface area (Å²) in [5.41, 5.74) is 3.13. The Morgan fingerprint density at radius 2 is 2.23 bits per heavy atom. The number of thiophene rings is 1. The molecule has 0 saturated heterocycles. The molecular weight excluding hydrogens is 318 g/mol. The van der Waals surface area contributed by atoms with Gasteiger partial charge in [0.25, 0.3) is 0 Å². The largest absolute Gasteiger partial charge is 0.462 e. The number of thioether (sulfide) groups is 1. The third-order valence-corrected chi connectivity index (χ3v) is 5.86. The topological polar surface area (TPSA) is 52.3 Å². The van der Waals surface area contributed by atoms with E-state index in [1.807, 2.05) is 13.8 Å². The maximum absolute atomic E-state index is 12.3. The predicted octanol–water partition coefficient (Wildman–Crippen LogP) is 4.49. The monoisotopic (exact) mass is 337 g/mol. The molecule has 1 aliphatic rings. The highest BCUT2D eigenvalue weighted by molar-refractivity contribution is 8.01. The van der Waals surface area contributed by atoms with E-state index >= 15 is 0 Å². The van der Waals surface area contributed by atoms with Gasteiger partial charge in [-0.2, -0.15) is 0 Å². The van der Waals surface area contributed by atoms with E-state index in [9.17, 15) is 4.79 Å². The fourth-order valence-corrected chi connectivity index (χ4v) is 5.40. The van der Waals surface area contributed by atoms with E-state index in [-0.39, 0.29) is 5.97 Å². The van der Waals surface area contributed by atoms with Gasteiger partial charge in [-0.05, 0) is 25.3 Å². The number of oxazole rings is 1. The molecule has 2 heterocycles. The Morgan fingerprint density at radius 1 is 1.45 bits per heavy atom. The second-order valence-electron chi connectivity index (χ2n) is 5.47. The van der Waals surface area contributed by atoms with Crippen LogP contribution < -0.4 is 0 Å². The minimum atomic E-state index is -0.223. The summed E-state index contributed by atoms with van der Waals surface area (Å²) in [7, 11) is 0. The minimum Gasteiger partial charge on any atom is -0.462 e. The lowest BCUT2D eigenvalue weighted by molar-refractivity contribution is 0.0531. The molecule has 3 rings (SSSR count). The van der Waals surface area contributed by atoms with Gasteiger partial charge in [0.2, 0.25) is 0 Å². The maximum Gasteiger partial charge on any atom is 0.348 e. The van der Waals surface area contributed by atoms with Crippen LogP contribution in [0.2, 0.25) is 0 Å². The molecule has 118 valence electrons. The summed E-state index contributed by atoms with van der Waals surface area (Å²) in [4.78, 5) is 17.5. The second-order valence-corrected chi connectivity index (χ2v) is 8.33. The highest BCUT2D eigenvalue weighted by Crippen LogP contribution is 2.48. The Morgan fingerprint density at radius 3 is 2.91 bits per heavy atom. The second kappa shape index (κ2) is 6.08. The summed E-state index contributed by atoms with van der Waals surface area (Å²) in [6, 6.07) is 0. The van der Waals surface area contributed by atoms with Crippen molar-refractivity contribution in [1.82, 2.24) is 4.98 Å². The van der Waals surface area contributed by atoms with Crippen LogP contribution in [0.15, 0.2) is 8.63 Å². The van der Waals surface area contributed by atoms with Gasteiger partial charge in [-0.3, -0.25) is 0 Å². The molecule has 0 bridgehead atoms. The standard InChI is InChI=1S/C16H19NO3S2/c1-5-19-15(18)14-10-6-7-11-13(20-9(4)17-11)12(10)16(22-14)21-8(2)3/h8H,5-7H2,1-4H3. The van der Waals surface area contributed by atoms with Crippen LogP contribution in [0, 0.1) is 6.92 Å². The zero-order chi connectivity index (χ0) is 15.9. The van der Waals surface area contributed by atoms with Crippen molar-refractivity contribution in [2.75, 3.05) is 6.61 Å². The minimum absolute atomic E-state index is 0.223. The highest BCUT2D eigenvalue weighted by atomic mass is 32.2. The molecule has 1 aliphatic carbocycles. The number of aromatic nitrogens is 1. The first kappa shape index (κ1) is 15.6.